The van der Waals surface area contributed by atoms with Gasteiger partial charge in [0.25, 0.3) is 5.56 Å². The van der Waals surface area contributed by atoms with Crippen LogP contribution in [0.3, 0.4) is 0 Å². The van der Waals surface area contributed by atoms with Crippen LogP contribution < -0.4 is 11.2 Å². The minimum atomic E-state index is -0.438. The van der Waals surface area contributed by atoms with E-state index in [1.807, 2.05) is 0 Å². The van der Waals surface area contributed by atoms with Crippen LogP contribution in [0.15, 0.2) is 39.9 Å². The average Bonchev–Trinajstić information content (AvgIpc) is 2.86. The Morgan fingerprint density at radius 2 is 2.05 bits per heavy atom. The first-order valence-electron chi connectivity index (χ1n) is 6.95. The highest BCUT2D eigenvalue weighted by atomic mass is 35.5. The number of aromatic nitrogens is 4. The van der Waals surface area contributed by atoms with Gasteiger partial charge < -0.3 is 0 Å². The zero-order valence-corrected chi connectivity index (χ0v) is 13.0. The van der Waals surface area contributed by atoms with E-state index in [0.717, 1.165) is 14.9 Å². The van der Waals surface area contributed by atoms with Crippen LogP contribution in [0.5, 0.6) is 0 Å². The molecule has 3 aromatic rings. The van der Waals surface area contributed by atoms with Crippen molar-refractivity contribution in [1.82, 2.24) is 19.4 Å². The van der Waals surface area contributed by atoms with Crippen molar-refractivity contribution < 1.29 is 0 Å². The van der Waals surface area contributed by atoms with Crippen LogP contribution in [-0.4, -0.2) is 19.4 Å². The van der Waals surface area contributed by atoms with Crippen LogP contribution in [-0.2, 0) is 6.42 Å². The lowest BCUT2D eigenvalue weighted by molar-refractivity contribution is 0.623. The van der Waals surface area contributed by atoms with E-state index in [4.69, 9.17) is 11.6 Å². The van der Waals surface area contributed by atoms with Crippen LogP contribution in [0.2, 0.25) is 5.02 Å². The smallest absolute Gasteiger partial charge is 0.266 e. The maximum atomic E-state index is 12.5. The van der Waals surface area contributed by atoms with E-state index < -0.39 is 5.69 Å². The van der Waals surface area contributed by atoms with E-state index in [2.05, 4.69) is 24.0 Å². The molecular weight excluding hydrogens is 304 g/mol. The van der Waals surface area contributed by atoms with E-state index in [0.29, 0.717) is 23.0 Å². The lowest BCUT2D eigenvalue weighted by Crippen LogP contribution is -2.34. The van der Waals surface area contributed by atoms with Gasteiger partial charge in [0, 0.05) is 5.02 Å². The molecule has 22 heavy (non-hydrogen) atoms. The van der Waals surface area contributed by atoms with E-state index in [1.165, 1.54) is 0 Å². The molecule has 0 saturated heterocycles. The minimum absolute atomic E-state index is 0.249. The van der Waals surface area contributed by atoms with Gasteiger partial charge in [0.2, 0.25) is 0 Å². The molecule has 1 aromatic carbocycles. The highest BCUT2D eigenvalue weighted by molar-refractivity contribution is 6.30. The van der Waals surface area contributed by atoms with E-state index in [1.54, 1.807) is 30.3 Å². The van der Waals surface area contributed by atoms with Crippen molar-refractivity contribution in [2.24, 2.45) is 5.92 Å². The Bertz CT molecular complexity index is 952. The molecule has 7 heteroatoms. The molecule has 3 rings (SSSR count). The molecule has 114 valence electrons. The lowest BCUT2D eigenvalue weighted by Gasteiger charge is -2.05. The molecule has 2 aromatic heterocycles. The predicted molar refractivity (Wildman–Crippen MR) is 85.0 cm³/mol. The molecule has 0 aliphatic carbocycles. The zero-order valence-electron chi connectivity index (χ0n) is 12.2. The lowest BCUT2D eigenvalue weighted by atomic mass is 10.1. The molecule has 0 aliphatic heterocycles. The van der Waals surface area contributed by atoms with E-state index >= 15 is 0 Å². The van der Waals surface area contributed by atoms with Crippen LogP contribution in [0, 0.1) is 5.92 Å². The van der Waals surface area contributed by atoms with Crippen LogP contribution in [0.1, 0.15) is 19.5 Å². The second-order valence-corrected chi connectivity index (χ2v) is 6.01. The highest BCUT2D eigenvalue weighted by Crippen LogP contribution is 2.12. The first-order chi connectivity index (χ1) is 10.5. The average molecular weight is 319 g/mol. The first-order valence-corrected chi connectivity index (χ1v) is 7.33. The van der Waals surface area contributed by atoms with Gasteiger partial charge in [-0.1, -0.05) is 31.5 Å². The van der Waals surface area contributed by atoms with Crippen molar-refractivity contribution in [2.75, 3.05) is 0 Å². The Labute approximate surface area is 130 Å². The van der Waals surface area contributed by atoms with Gasteiger partial charge in [-0.25, -0.2) is 9.48 Å². The van der Waals surface area contributed by atoms with E-state index in [-0.39, 0.29) is 11.1 Å². The van der Waals surface area contributed by atoms with E-state index in [9.17, 15) is 9.59 Å². The Kier molecular flexibility index (Phi) is 3.62. The Morgan fingerprint density at radius 1 is 1.27 bits per heavy atom. The van der Waals surface area contributed by atoms with Crippen molar-refractivity contribution in [3.63, 3.8) is 0 Å². The molecule has 6 nitrogen and oxygen atoms in total. The summed E-state index contributed by atoms with van der Waals surface area (Å²) in [4.78, 5) is 24.7. The summed E-state index contributed by atoms with van der Waals surface area (Å²) in [5.41, 5.74) is 0.645. The molecule has 0 amide bonds. The molecule has 1 N–H and O–H groups in total. The SMILES string of the molecule is CC(C)Cc1cc2c(=O)[nH]n(-c3cccc(Cl)c3)c(=O)n2n1. The van der Waals surface area contributed by atoms with Gasteiger partial charge in [0.15, 0.2) is 0 Å². The molecule has 0 radical (unpaired) electrons. The second kappa shape index (κ2) is 5.46. The Hall–Kier alpha value is -2.34. The van der Waals surface area contributed by atoms with Crippen molar-refractivity contribution in [3.8, 4) is 5.69 Å². The number of benzene rings is 1. The van der Waals surface area contributed by atoms with Crippen molar-refractivity contribution in [3.05, 3.63) is 61.9 Å². The van der Waals surface area contributed by atoms with Crippen molar-refractivity contribution in [2.45, 2.75) is 20.3 Å². The standard InChI is InChI=1S/C15H15ClN4O2/c1-9(2)6-11-8-13-14(21)18-19(15(22)20(13)17-11)12-5-3-4-10(16)7-12/h3-5,7-9H,6H2,1-2H3,(H,18,21). The molecule has 0 fully saturated rings. The summed E-state index contributed by atoms with van der Waals surface area (Å²) in [5.74, 6) is 0.388. The van der Waals surface area contributed by atoms with Gasteiger partial charge in [0.05, 0.1) is 11.4 Å². The van der Waals surface area contributed by atoms with Gasteiger partial charge in [-0.15, -0.1) is 0 Å². The van der Waals surface area contributed by atoms with Crippen molar-refractivity contribution >= 4 is 17.1 Å². The Balaban J connectivity index is 2.24. The fraction of sp³-hybridized carbons (Fsp3) is 0.267. The number of aromatic amines is 1. The highest BCUT2D eigenvalue weighted by Gasteiger charge is 2.13. The summed E-state index contributed by atoms with van der Waals surface area (Å²) in [6.45, 7) is 4.11. The minimum Gasteiger partial charge on any atom is -0.266 e. The number of halogens is 1. The number of hydrogen-bond donors (Lipinski definition) is 1. The molecule has 0 saturated carbocycles. The van der Waals surface area contributed by atoms with Gasteiger partial charge in [-0.05, 0) is 36.6 Å². The van der Waals surface area contributed by atoms with Gasteiger partial charge in [-0.3, -0.25) is 9.89 Å². The fourth-order valence-electron chi connectivity index (χ4n) is 2.35. The predicted octanol–water partition coefficient (Wildman–Crippen LogP) is 2.03. The molecular formula is C15H15ClN4O2. The third kappa shape index (κ3) is 2.57. The maximum Gasteiger partial charge on any atom is 0.368 e. The van der Waals surface area contributed by atoms with Crippen LogP contribution in [0.4, 0.5) is 0 Å². The largest absolute Gasteiger partial charge is 0.368 e. The Morgan fingerprint density at radius 3 is 2.73 bits per heavy atom. The summed E-state index contributed by atoms with van der Waals surface area (Å²) in [5, 5.41) is 7.29. The number of nitrogens with zero attached hydrogens (tertiary/aromatic N) is 3. The summed E-state index contributed by atoms with van der Waals surface area (Å²) in [6.07, 6.45) is 0.706. The third-order valence-electron chi connectivity index (χ3n) is 3.26. The summed E-state index contributed by atoms with van der Waals surface area (Å²) >= 11 is 5.94. The third-order valence-corrected chi connectivity index (χ3v) is 3.50. The number of nitrogens with one attached hydrogen (secondary N) is 1. The maximum absolute atomic E-state index is 12.5. The molecule has 0 bridgehead atoms. The molecule has 0 spiro atoms. The van der Waals surface area contributed by atoms with Gasteiger partial charge in [-0.2, -0.15) is 9.61 Å². The molecule has 0 unspecified atom stereocenters. The zero-order chi connectivity index (χ0) is 15.9. The number of rotatable bonds is 3. The van der Waals surface area contributed by atoms with Gasteiger partial charge >= 0.3 is 5.69 Å². The quantitative estimate of drug-likeness (QED) is 0.803. The van der Waals surface area contributed by atoms with Gasteiger partial charge in [0.1, 0.15) is 5.52 Å². The molecule has 0 atom stereocenters. The second-order valence-electron chi connectivity index (χ2n) is 5.57. The summed E-state index contributed by atoms with van der Waals surface area (Å²) in [6, 6.07) is 8.35. The number of hydrogen-bond acceptors (Lipinski definition) is 3. The monoisotopic (exact) mass is 318 g/mol. The fourth-order valence-corrected chi connectivity index (χ4v) is 2.53. The number of fused-ring (bicyclic) bond motifs is 1. The number of H-pyrrole nitrogens is 1. The normalized spacial score (nSPS) is 11.5. The summed E-state index contributed by atoms with van der Waals surface area (Å²) in [7, 11) is 0. The molecule has 0 aliphatic rings. The van der Waals surface area contributed by atoms with Crippen LogP contribution >= 0.6 is 11.6 Å². The van der Waals surface area contributed by atoms with Crippen LogP contribution in [0.25, 0.3) is 11.2 Å². The topological polar surface area (TPSA) is 72.2 Å². The first kappa shape index (κ1) is 14.6. The summed E-state index contributed by atoms with van der Waals surface area (Å²) < 4.78 is 2.28. The molecule has 2 heterocycles. The van der Waals surface area contributed by atoms with Crippen molar-refractivity contribution in [1.29, 1.82) is 0 Å².